The van der Waals surface area contributed by atoms with Crippen LogP contribution in [0.15, 0.2) is 0 Å². The van der Waals surface area contributed by atoms with Crippen LogP contribution in [0.1, 0.15) is 74.2 Å². The number of amides is 1. The molecule has 2 heterocycles. The molecule has 0 aliphatic carbocycles. The molecule has 0 saturated carbocycles. The number of piperidine rings is 1. The number of carbonyl (C=O) groups excluding carboxylic acids is 1. The Morgan fingerprint density at radius 1 is 1.38 bits per heavy atom. The van der Waals surface area contributed by atoms with E-state index >= 15 is 0 Å². The normalized spacial score (nSPS) is 19.2. The van der Waals surface area contributed by atoms with Crippen LogP contribution < -0.4 is 5.32 Å². The van der Waals surface area contributed by atoms with Gasteiger partial charge >= 0.3 is 6.18 Å². The van der Waals surface area contributed by atoms with Crippen molar-refractivity contribution in [2.75, 3.05) is 19.6 Å². The molecule has 1 unspecified atom stereocenters. The van der Waals surface area contributed by atoms with E-state index in [4.69, 9.17) is 0 Å². The molecule has 1 saturated heterocycles. The summed E-state index contributed by atoms with van der Waals surface area (Å²) in [5.74, 6) is -0.689. The lowest BCUT2D eigenvalue weighted by atomic mass is 10.0. The molecule has 1 atom stereocenters. The molecule has 148 valence electrons. The Morgan fingerprint density at radius 3 is 2.65 bits per heavy atom. The number of nitrogens with one attached hydrogen (secondary N) is 1. The third-order valence-electron chi connectivity index (χ3n) is 4.97. The molecule has 1 N–H and O–H groups in total. The first-order valence-electron chi connectivity index (χ1n) is 9.35. The third-order valence-corrected chi connectivity index (χ3v) is 4.97. The van der Waals surface area contributed by atoms with E-state index in [1.165, 1.54) is 4.68 Å². The van der Waals surface area contributed by atoms with Gasteiger partial charge in [-0.1, -0.05) is 13.3 Å². The molecule has 0 radical (unpaired) electrons. The van der Waals surface area contributed by atoms with Crippen molar-refractivity contribution in [2.24, 2.45) is 0 Å². The summed E-state index contributed by atoms with van der Waals surface area (Å²) in [6.07, 6.45) is -1.40. The molecule has 1 amide bonds. The van der Waals surface area contributed by atoms with Crippen molar-refractivity contribution in [3.8, 4) is 0 Å². The molecular formula is C18H29F3N4O. The first kappa shape index (κ1) is 20.7. The van der Waals surface area contributed by atoms with Crippen molar-refractivity contribution < 1.29 is 18.0 Å². The zero-order chi connectivity index (χ0) is 19.5. The van der Waals surface area contributed by atoms with Gasteiger partial charge in [-0.3, -0.25) is 14.4 Å². The minimum Gasteiger partial charge on any atom is -0.352 e. The van der Waals surface area contributed by atoms with Crippen molar-refractivity contribution in [1.82, 2.24) is 20.0 Å². The van der Waals surface area contributed by atoms with E-state index in [0.29, 0.717) is 24.8 Å². The number of hydrogen-bond acceptors (Lipinski definition) is 3. The van der Waals surface area contributed by atoms with Crippen LogP contribution in [0, 0.1) is 6.92 Å². The Balaban J connectivity index is 2.35. The molecular weight excluding hydrogens is 345 g/mol. The van der Waals surface area contributed by atoms with Crippen LogP contribution in [0.3, 0.4) is 0 Å². The van der Waals surface area contributed by atoms with E-state index in [9.17, 15) is 18.0 Å². The molecule has 5 nitrogen and oxygen atoms in total. The van der Waals surface area contributed by atoms with Crippen molar-refractivity contribution in [3.05, 3.63) is 17.0 Å². The Bertz CT molecular complexity index is 625. The van der Waals surface area contributed by atoms with Gasteiger partial charge < -0.3 is 5.32 Å². The fourth-order valence-electron chi connectivity index (χ4n) is 3.46. The highest BCUT2D eigenvalue weighted by Crippen LogP contribution is 2.35. The van der Waals surface area contributed by atoms with E-state index < -0.39 is 17.8 Å². The van der Waals surface area contributed by atoms with Gasteiger partial charge in [-0.15, -0.1) is 0 Å². The average molecular weight is 374 g/mol. The highest BCUT2D eigenvalue weighted by molar-refractivity contribution is 5.96. The number of aromatic nitrogens is 2. The molecule has 0 spiro atoms. The van der Waals surface area contributed by atoms with Crippen LogP contribution in [0.4, 0.5) is 13.2 Å². The summed E-state index contributed by atoms with van der Waals surface area (Å²) >= 11 is 0. The summed E-state index contributed by atoms with van der Waals surface area (Å²) in [7, 11) is 0. The van der Waals surface area contributed by atoms with E-state index in [2.05, 4.69) is 29.2 Å². The fourth-order valence-corrected chi connectivity index (χ4v) is 3.46. The SMILES string of the molecule is CCCCNC(=O)c1c(C(F)(F)F)nn(C2CCCN(C(C)C)C2)c1C. The minimum absolute atomic E-state index is 0.149. The van der Waals surface area contributed by atoms with E-state index in [1.807, 2.05) is 6.92 Å². The summed E-state index contributed by atoms with van der Waals surface area (Å²) in [6.45, 7) is 9.62. The van der Waals surface area contributed by atoms with Gasteiger partial charge in [0.25, 0.3) is 5.91 Å². The van der Waals surface area contributed by atoms with Gasteiger partial charge in [-0.05, 0) is 46.6 Å². The number of halogens is 3. The number of carbonyl (C=O) groups is 1. The zero-order valence-corrected chi connectivity index (χ0v) is 16.0. The predicted molar refractivity (Wildman–Crippen MR) is 94.2 cm³/mol. The summed E-state index contributed by atoms with van der Waals surface area (Å²) in [4.78, 5) is 14.6. The molecule has 1 aliphatic heterocycles. The van der Waals surface area contributed by atoms with Gasteiger partial charge in [0.15, 0.2) is 5.69 Å². The standard InChI is InChI=1S/C18H29F3N4O/c1-5-6-9-22-17(26)15-13(4)25(23-16(15)18(19,20)21)14-8-7-10-24(11-14)12(2)3/h12,14H,5-11H2,1-4H3,(H,22,26). The third kappa shape index (κ3) is 4.58. The maximum absolute atomic E-state index is 13.5. The number of alkyl halides is 3. The van der Waals surface area contributed by atoms with Crippen LogP contribution >= 0.6 is 0 Å². The van der Waals surface area contributed by atoms with E-state index in [0.717, 1.165) is 32.2 Å². The molecule has 2 rings (SSSR count). The molecule has 1 aliphatic rings. The van der Waals surface area contributed by atoms with Crippen molar-refractivity contribution in [1.29, 1.82) is 0 Å². The van der Waals surface area contributed by atoms with Gasteiger partial charge in [0.05, 0.1) is 11.6 Å². The van der Waals surface area contributed by atoms with Gasteiger partial charge in [-0.2, -0.15) is 18.3 Å². The predicted octanol–water partition coefficient (Wildman–Crippen LogP) is 3.79. The highest BCUT2D eigenvalue weighted by Gasteiger charge is 2.41. The van der Waals surface area contributed by atoms with Crippen LogP contribution in [-0.4, -0.2) is 46.3 Å². The second kappa shape index (κ2) is 8.41. The van der Waals surface area contributed by atoms with E-state index in [-0.39, 0.29) is 11.6 Å². The van der Waals surface area contributed by atoms with Crippen molar-refractivity contribution in [2.45, 2.75) is 71.6 Å². The monoisotopic (exact) mass is 374 g/mol. The number of nitrogens with zero attached hydrogens (tertiary/aromatic N) is 3. The smallest absolute Gasteiger partial charge is 0.352 e. The van der Waals surface area contributed by atoms with Crippen molar-refractivity contribution in [3.63, 3.8) is 0 Å². The van der Waals surface area contributed by atoms with Crippen LogP contribution in [0.5, 0.6) is 0 Å². The van der Waals surface area contributed by atoms with Crippen LogP contribution in [0.2, 0.25) is 0 Å². The van der Waals surface area contributed by atoms with Crippen LogP contribution in [0.25, 0.3) is 0 Å². The molecule has 1 fully saturated rings. The van der Waals surface area contributed by atoms with Crippen LogP contribution in [-0.2, 0) is 6.18 Å². The Hall–Kier alpha value is -1.57. The van der Waals surface area contributed by atoms with Gasteiger partial charge in [0.1, 0.15) is 0 Å². The Morgan fingerprint density at radius 2 is 2.08 bits per heavy atom. The molecule has 8 heteroatoms. The summed E-state index contributed by atoms with van der Waals surface area (Å²) < 4.78 is 41.9. The molecule has 0 aromatic carbocycles. The van der Waals surface area contributed by atoms with Gasteiger partial charge in [0, 0.05) is 24.8 Å². The number of likely N-dealkylation sites (tertiary alicyclic amines) is 1. The number of hydrogen-bond donors (Lipinski definition) is 1. The molecule has 0 bridgehead atoms. The largest absolute Gasteiger partial charge is 0.435 e. The minimum atomic E-state index is -4.65. The Kier molecular flexibility index (Phi) is 6.71. The number of unbranched alkanes of at least 4 members (excludes halogenated alkanes) is 1. The zero-order valence-electron chi connectivity index (χ0n) is 16.0. The Labute approximate surface area is 152 Å². The lowest BCUT2D eigenvalue weighted by Crippen LogP contribution is -2.41. The molecule has 1 aromatic rings. The summed E-state index contributed by atoms with van der Waals surface area (Å²) in [5, 5.41) is 6.45. The summed E-state index contributed by atoms with van der Waals surface area (Å²) in [5.41, 5.74) is -1.12. The first-order valence-corrected chi connectivity index (χ1v) is 9.35. The highest BCUT2D eigenvalue weighted by atomic mass is 19.4. The molecule has 1 aromatic heterocycles. The lowest BCUT2D eigenvalue weighted by molar-refractivity contribution is -0.142. The molecule has 26 heavy (non-hydrogen) atoms. The van der Waals surface area contributed by atoms with E-state index in [1.54, 1.807) is 6.92 Å². The number of rotatable bonds is 6. The topological polar surface area (TPSA) is 50.2 Å². The van der Waals surface area contributed by atoms with Crippen molar-refractivity contribution >= 4 is 5.91 Å². The van der Waals surface area contributed by atoms with Gasteiger partial charge in [-0.25, -0.2) is 0 Å². The van der Waals surface area contributed by atoms with Gasteiger partial charge in [0.2, 0.25) is 0 Å². The quantitative estimate of drug-likeness (QED) is 0.771. The fraction of sp³-hybridized carbons (Fsp3) is 0.778. The second-order valence-electron chi connectivity index (χ2n) is 7.25. The maximum atomic E-state index is 13.5. The average Bonchev–Trinajstić information content (AvgIpc) is 2.93. The first-order chi connectivity index (χ1) is 12.2. The summed E-state index contributed by atoms with van der Waals surface area (Å²) in [6, 6.07) is 0.178. The second-order valence-corrected chi connectivity index (χ2v) is 7.25. The maximum Gasteiger partial charge on any atom is 0.435 e. The lowest BCUT2D eigenvalue weighted by Gasteiger charge is -2.35.